The van der Waals surface area contributed by atoms with Crippen LogP contribution in [0.4, 0.5) is 0 Å². The molecule has 0 spiro atoms. The lowest BCUT2D eigenvalue weighted by molar-refractivity contribution is -0.377. The number of hydrogen-bond donors (Lipinski definition) is 1. The quantitative estimate of drug-likeness (QED) is 0.541. The highest BCUT2D eigenvalue weighted by Gasteiger charge is 2.57. The zero-order valence-corrected chi connectivity index (χ0v) is 7.30. The molecule has 3 fully saturated rings. The van der Waals surface area contributed by atoms with E-state index in [1.165, 1.54) is 0 Å². The molecule has 5 atom stereocenters. The van der Waals surface area contributed by atoms with Crippen molar-refractivity contribution >= 4 is 0 Å². The van der Waals surface area contributed by atoms with E-state index in [9.17, 15) is 5.11 Å². The summed E-state index contributed by atoms with van der Waals surface area (Å²) < 4.78 is 21.6. The highest BCUT2D eigenvalue weighted by molar-refractivity contribution is 4.96. The number of fused-ring (bicyclic) bond motifs is 4. The second-order valence-electron chi connectivity index (χ2n) is 3.78. The Balaban J connectivity index is 1.89. The summed E-state index contributed by atoms with van der Waals surface area (Å²) in [6, 6.07) is 0. The monoisotopic (exact) mass is 188 g/mol. The summed E-state index contributed by atoms with van der Waals surface area (Å²) >= 11 is 0. The van der Waals surface area contributed by atoms with Crippen LogP contribution in [-0.2, 0) is 18.9 Å². The van der Waals surface area contributed by atoms with Gasteiger partial charge in [0.15, 0.2) is 0 Å². The van der Waals surface area contributed by atoms with Gasteiger partial charge in [-0.3, -0.25) is 0 Å². The van der Waals surface area contributed by atoms with Crippen molar-refractivity contribution in [2.75, 3.05) is 13.2 Å². The molecule has 3 heterocycles. The smallest absolute Gasteiger partial charge is 0.280 e. The molecule has 2 bridgehead atoms. The number of hydrogen-bond acceptors (Lipinski definition) is 5. The van der Waals surface area contributed by atoms with Crippen LogP contribution in [0.3, 0.4) is 0 Å². The first-order valence-corrected chi connectivity index (χ1v) is 4.47. The summed E-state index contributed by atoms with van der Waals surface area (Å²) in [5.41, 5.74) is 0. The Kier molecular flexibility index (Phi) is 1.52. The molecule has 3 saturated heterocycles. The summed E-state index contributed by atoms with van der Waals surface area (Å²) in [6.45, 7) is 2.52. The Hall–Kier alpha value is -0.200. The molecule has 0 aromatic heterocycles. The van der Waals surface area contributed by atoms with Gasteiger partial charge in [0, 0.05) is 6.92 Å². The summed E-state index contributed by atoms with van der Waals surface area (Å²) in [5, 5.41) is 9.54. The van der Waals surface area contributed by atoms with Crippen LogP contribution >= 0.6 is 0 Å². The highest BCUT2D eigenvalue weighted by Crippen LogP contribution is 2.39. The average molecular weight is 188 g/mol. The summed E-state index contributed by atoms with van der Waals surface area (Å²) in [5.74, 6) is -0.972. The standard InChI is InChI=1S/C8H12O5/c1-8-11-3-5(12-8)7-6(13-8)4(9)2-10-7/h4-7,9H,2-3H2,1H3. The van der Waals surface area contributed by atoms with Crippen LogP contribution in [0.5, 0.6) is 0 Å². The maximum atomic E-state index is 9.54. The van der Waals surface area contributed by atoms with Crippen molar-refractivity contribution in [2.24, 2.45) is 0 Å². The lowest BCUT2D eigenvalue weighted by Gasteiger charge is -2.35. The molecule has 3 aliphatic rings. The molecular formula is C8H12O5. The first-order chi connectivity index (χ1) is 6.18. The molecule has 3 rings (SSSR count). The van der Waals surface area contributed by atoms with Crippen molar-refractivity contribution in [2.45, 2.75) is 37.3 Å². The van der Waals surface area contributed by atoms with Gasteiger partial charge in [0.05, 0.1) is 13.2 Å². The Bertz CT molecular complexity index is 233. The van der Waals surface area contributed by atoms with Crippen molar-refractivity contribution in [3.8, 4) is 0 Å². The predicted octanol–water partition coefficient (Wildman–Crippen LogP) is -0.766. The minimum atomic E-state index is -0.972. The molecule has 5 unspecified atom stereocenters. The van der Waals surface area contributed by atoms with Crippen molar-refractivity contribution in [3.63, 3.8) is 0 Å². The SMILES string of the molecule is CC12OCC(O1)C1OCC(O)C1O2. The number of rotatable bonds is 0. The third-order valence-electron chi connectivity index (χ3n) is 2.75. The lowest BCUT2D eigenvalue weighted by atomic mass is 10.1. The Morgan fingerprint density at radius 2 is 2.08 bits per heavy atom. The molecule has 74 valence electrons. The lowest BCUT2D eigenvalue weighted by Crippen LogP contribution is -2.51. The topological polar surface area (TPSA) is 57.2 Å². The van der Waals surface area contributed by atoms with Gasteiger partial charge in [-0.05, 0) is 0 Å². The Morgan fingerprint density at radius 3 is 2.92 bits per heavy atom. The van der Waals surface area contributed by atoms with Crippen molar-refractivity contribution in [1.82, 2.24) is 0 Å². The molecule has 0 radical (unpaired) electrons. The zero-order chi connectivity index (χ0) is 9.05. The van der Waals surface area contributed by atoms with Crippen LogP contribution in [0.1, 0.15) is 6.92 Å². The first-order valence-electron chi connectivity index (χ1n) is 4.47. The minimum absolute atomic E-state index is 0.0964. The highest BCUT2D eigenvalue weighted by atomic mass is 16.9. The third kappa shape index (κ3) is 1.05. The van der Waals surface area contributed by atoms with E-state index < -0.39 is 12.1 Å². The van der Waals surface area contributed by atoms with Crippen molar-refractivity contribution in [3.05, 3.63) is 0 Å². The molecule has 0 aliphatic carbocycles. The van der Waals surface area contributed by atoms with Gasteiger partial charge < -0.3 is 24.1 Å². The fourth-order valence-corrected chi connectivity index (χ4v) is 2.13. The van der Waals surface area contributed by atoms with Crippen LogP contribution < -0.4 is 0 Å². The van der Waals surface area contributed by atoms with Gasteiger partial charge >= 0.3 is 0 Å². The van der Waals surface area contributed by atoms with Gasteiger partial charge in [0.1, 0.15) is 24.4 Å². The molecule has 0 saturated carbocycles. The molecule has 5 heteroatoms. The minimum Gasteiger partial charge on any atom is -0.388 e. The van der Waals surface area contributed by atoms with Crippen LogP contribution in [0, 0.1) is 0 Å². The van der Waals surface area contributed by atoms with Crippen LogP contribution in [0.2, 0.25) is 0 Å². The van der Waals surface area contributed by atoms with E-state index in [1.54, 1.807) is 6.92 Å². The van der Waals surface area contributed by atoms with E-state index in [4.69, 9.17) is 18.9 Å². The molecule has 1 N–H and O–H groups in total. The molecule has 5 nitrogen and oxygen atoms in total. The maximum Gasteiger partial charge on any atom is 0.280 e. The maximum absolute atomic E-state index is 9.54. The van der Waals surface area contributed by atoms with Gasteiger partial charge in [-0.15, -0.1) is 0 Å². The van der Waals surface area contributed by atoms with Gasteiger partial charge in [-0.25, -0.2) is 0 Å². The van der Waals surface area contributed by atoms with E-state index >= 15 is 0 Å². The molecule has 13 heavy (non-hydrogen) atoms. The summed E-state index contributed by atoms with van der Waals surface area (Å²) in [6.07, 6.45) is -1.13. The van der Waals surface area contributed by atoms with Crippen molar-refractivity contribution < 1.29 is 24.1 Å². The zero-order valence-electron chi connectivity index (χ0n) is 7.30. The van der Waals surface area contributed by atoms with E-state index in [-0.39, 0.29) is 18.3 Å². The van der Waals surface area contributed by atoms with E-state index in [2.05, 4.69) is 0 Å². The van der Waals surface area contributed by atoms with Gasteiger partial charge in [0.2, 0.25) is 0 Å². The van der Waals surface area contributed by atoms with Crippen molar-refractivity contribution in [1.29, 1.82) is 0 Å². The first kappa shape index (κ1) is 8.14. The molecule has 0 aromatic carbocycles. The average Bonchev–Trinajstić information content (AvgIpc) is 2.58. The normalized spacial score (nSPS) is 59.5. The Labute approximate surface area is 75.5 Å². The molecule has 0 amide bonds. The summed E-state index contributed by atoms with van der Waals surface area (Å²) in [7, 11) is 0. The fourth-order valence-electron chi connectivity index (χ4n) is 2.13. The molecular weight excluding hydrogens is 176 g/mol. The van der Waals surface area contributed by atoms with Gasteiger partial charge in [0.25, 0.3) is 5.97 Å². The molecule has 0 aromatic rings. The van der Waals surface area contributed by atoms with E-state index in [1.807, 2.05) is 0 Å². The second-order valence-corrected chi connectivity index (χ2v) is 3.78. The van der Waals surface area contributed by atoms with E-state index in [0.29, 0.717) is 13.2 Å². The summed E-state index contributed by atoms with van der Waals surface area (Å²) in [4.78, 5) is 0. The fraction of sp³-hybridized carbons (Fsp3) is 1.00. The number of ether oxygens (including phenoxy) is 4. The van der Waals surface area contributed by atoms with Crippen LogP contribution in [0.25, 0.3) is 0 Å². The van der Waals surface area contributed by atoms with Crippen LogP contribution in [-0.4, -0.2) is 48.7 Å². The predicted molar refractivity (Wildman–Crippen MR) is 39.8 cm³/mol. The van der Waals surface area contributed by atoms with Gasteiger partial charge in [-0.1, -0.05) is 0 Å². The number of aliphatic hydroxyl groups is 1. The number of aliphatic hydroxyl groups excluding tert-OH is 1. The third-order valence-corrected chi connectivity index (χ3v) is 2.75. The van der Waals surface area contributed by atoms with Crippen LogP contribution in [0.15, 0.2) is 0 Å². The second kappa shape index (κ2) is 2.43. The largest absolute Gasteiger partial charge is 0.388 e. The Morgan fingerprint density at radius 1 is 1.23 bits per heavy atom. The molecule has 3 aliphatic heterocycles. The van der Waals surface area contributed by atoms with Gasteiger partial charge in [-0.2, -0.15) is 0 Å². The van der Waals surface area contributed by atoms with E-state index in [0.717, 1.165) is 0 Å².